The van der Waals surface area contributed by atoms with Crippen LogP contribution in [0, 0.1) is 6.92 Å². The molecule has 0 amide bonds. The number of aryl methyl sites for hydroxylation is 2. The van der Waals surface area contributed by atoms with Gasteiger partial charge in [0.2, 0.25) is 0 Å². The molecule has 0 radical (unpaired) electrons. The topological polar surface area (TPSA) is 42.9 Å². The van der Waals surface area contributed by atoms with E-state index in [-0.39, 0.29) is 36.4 Å². The average molecular weight is 230 g/mol. The van der Waals surface area contributed by atoms with Crippen molar-refractivity contribution in [1.29, 1.82) is 0 Å². The zero-order valence-electron chi connectivity index (χ0n) is 8.56. The molecule has 0 atom stereocenters. The lowest BCUT2D eigenvalue weighted by atomic mass is 9.93. The van der Waals surface area contributed by atoms with Gasteiger partial charge in [0.25, 0.3) is 0 Å². The fourth-order valence-corrected chi connectivity index (χ4v) is 1.82. The van der Waals surface area contributed by atoms with Crippen LogP contribution in [0.1, 0.15) is 29.2 Å². The van der Waals surface area contributed by atoms with Crippen molar-refractivity contribution in [2.24, 2.45) is 0 Å². The first kappa shape index (κ1) is 11.0. The largest absolute Gasteiger partial charge is 0.433 e. The van der Waals surface area contributed by atoms with E-state index >= 15 is 0 Å². The van der Waals surface area contributed by atoms with Crippen molar-refractivity contribution in [2.45, 2.75) is 32.4 Å². The van der Waals surface area contributed by atoms with E-state index in [0.717, 1.165) is 0 Å². The number of hydrogen-bond acceptors (Lipinski definition) is 3. The highest BCUT2D eigenvalue weighted by Gasteiger charge is 2.38. The molecule has 16 heavy (non-hydrogen) atoms. The lowest BCUT2D eigenvalue weighted by Gasteiger charge is -2.19. The maximum Gasteiger partial charge on any atom is 0.433 e. The number of carbonyl (C=O) groups excluding carboxylic acids is 1. The standard InChI is InChI=1S/C10H9F3N2O/c1-5-14-8-3-2-6(16)4-7(8)9(15-5)10(11,12)13/h2-4H2,1H3. The van der Waals surface area contributed by atoms with Crippen LogP contribution in [0.2, 0.25) is 0 Å². The average Bonchev–Trinajstić information content (AvgIpc) is 2.16. The van der Waals surface area contributed by atoms with Crippen molar-refractivity contribution in [3.8, 4) is 0 Å². The van der Waals surface area contributed by atoms with Crippen LogP contribution in [0.15, 0.2) is 0 Å². The Hall–Kier alpha value is -1.46. The van der Waals surface area contributed by atoms with Crippen molar-refractivity contribution in [3.63, 3.8) is 0 Å². The summed E-state index contributed by atoms with van der Waals surface area (Å²) in [5, 5.41) is 0. The second-order valence-corrected chi connectivity index (χ2v) is 3.76. The zero-order chi connectivity index (χ0) is 11.9. The minimum Gasteiger partial charge on any atom is -0.299 e. The quantitative estimate of drug-likeness (QED) is 0.683. The first-order valence-corrected chi connectivity index (χ1v) is 4.83. The third kappa shape index (κ3) is 1.91. The smallest absolute Gasteiger partial charge is 0.299 e. The first-order chi connectivity index (χ1) is 7.38. The Labute approximate surface area is 89.7 Å². The minimum absolute atomic E-state index is 0.0469. The lowest BCUT2D eigenvalue weighted by molar-refractivity contribution is -0.142. The molecule has 1 heterocycles. The Morgan fingerprint density at radius 3 is 2.50 bits per heavy atom. The molecule has 1 aliphatic rings. The number of fused-ring (bicyclic) bond motifs is 1. The third-order valence-corrected chi connectivity index (χ3v) is 2.49. The van der Waals surface area contributed by atoms with E-state index < -0.39 is 11.9 Å². The molecule has 0 N–H and O–H groups in total. The second-order valence-electron chi connectivity index (χ2n) is 3.76. The second kappa shape index (κ2) is 3.54. The molecule has 1 aromatic heterocycles. The number of carbonyl (C=O) groups is 1. The summed E-state index contributed by atoms with van der Waals surface area (Å²) in [4.78, 5) is 18.5. The van der Waals surface area contributed by atoms with E-state index in [1.165, 1.54) is 6.92 Å². The summed E-state index contributed by atoms with van der Waals surface area (Å²) in [6, 6.07) is 0. The first-order valence-electron chi connectivity index (χ1n) is 4.83. The van der Waals surface area contributed by atoms with E-state index in [1.54, 1.807) is 0 Å². The molecule has 6 heteroatoms. The van der Waals surface area contributed by atoms with E-state index in [9.17, 15) is 18.0 Å². The van der Waals surface area contributed by atoms with Crippen LogP contribution in [0.5, 0.6) is 0 Å². The van der Waals surface area contributed by atoms with Crippen LogP contribution in [-0.2, 0) is 23.8 Å². The Bertz CT molecular complexity index is 454. The summed E-state index contributed by atoms with van der Waals surface area (Å²) in [5.74, 6) is -0.0918. The van der Waals surface area contributed by atoms with Gasteiger partial charge in [-0.25, -0.2) is 9.97 Å². The van der Waals surface area contributed by atoms with Gasteiger partial charge in [0.15, 0.2) is 5.69 Å². The summed E-state index contributed by atoms with van der Waals surface area (Å²) in [6.45, 7) is 1.42. The number of rotatable bonds is 0. The number of nitrogens with zero attached hydrogens (tertiary/aromatic N) is 2. The van der Waals surface area contributed by atoms with Gasteiger partial charge in [-0.05, 0) is 13.3 Å². The molecular formula is C10H9F3N2O. The summed E-state index contributed by atoms with van der Waals surface area (Å²) in [6.07, 6.45) is -4.18. The van der Waals surface area contributed by atoms with E-state index in [2.05, 4.69) is 9.97 Å². The number of Topliss-reactive ketones (excluding diaryl/α,β-unsaturated/α-hetero) is 1. The fourth-order valence-electron chi connectivity index (χ4n) is 1.82. The van der Waals surface area contributed by atoms with E-state index in [0.29, 0.717) is 5.69 Å². The normalized spacial score (nSPS) is 16.1. The highest BCUT2D eigenvalue weighted by atomic mass is 19.4. The van der Waals surface area contributed by atoms with Gasteiger partial charge in [-0.15, -0.1) is 0 Å². The summed E-state index contributed by atoms with van der Waals surface area (Å²) in [7, 11) is 0. The predicted octanol–water partition coefficient (Wildman–Crippen LogP) is 1.86. The van der Waals surface area contributed by atoms with Crippen molar-refractivity contribution in [2.75, 3.05) is 0 Å². The van der Waals surface area contributed by atoms with Crippen LogP contribution < -0.4 is 0 Å². The number of ketones is 1. The molecule has 0 saturated carbocycles. The Balaban J connectivity index is 2.60. The summed E-state index contributed by atoms with van der Waals surface area (Å²) < 4.78 is 38.0. The number of halogens is 3. The Morgan fingerprint density at radius 1 is 1.19 bits per heavy atom. The highest BCUT2D eigenvalue weighted by molar-refractivity contribution is 5.83. The van der Waals surface area contributed by atoms with Crippen molar-refractivity contribution in [3.05, 3.63) is 22.8 Å². The fraction of sp³-hybridized carbons (Fsp3) is 0.500. The molecule has 0 spiro atoms. The number of hydrogen-bond donors (Lipinski definition) is 0. The molecule has 0 aromatic carbocycles. The highest BCUT2D eigenvalue weighted by Crippen LogP contribution is 2.33. The van der Waals surface area contributed by atoms with Crippen molar-refractivity contribution < 1.29 is 18.0 Å². The predicted molar refractivity (Wildman–Crippen MR) is 48.8 cm³/mol. The molecule has 0 bridgehead atoms. The molecule has 0 unspecified atom stereocenters. The van der Waals surface area contributed by atoms with Crippen LogP contribution in [0.25, 0.3) is 0 Å². The van der Waals surface area contributed by atoms with Gasteiger partial charge in [0.05, 0.1) is 0 Å². The summed E-state index contributed by atoms with van der Waals surface area (Å²) in [5.41, 5.74) is -0.642. The Morgan fingerprint density at radius 2 is 1.88 bits per heavy atom. The van der Waals surface area contributed by atoms with Gasteiger partial charge in [0.1, 0.15) is 11.6 Å². The van der Waals surface area contributed by atoms with Gasteiger partial charge < -0.3 is 0 Å². The molecule has 0 fully saturated rings. The van der Waals surface area contributed by atoms with E-state index in [4.69, 9.17) is 0 Å². The lowest BCUT2D eigenvalue weighted by Crippen LogP contribution is -2.23. The van der Waals surface area contributed by atoms with Gasteiger partial charge in [-0.2, -0.15) is 13.2 Å². The number of alkyl halides is 3. The molecule has 0 aliphatic heterocycles. The minimum atomic E-state index is -4.52. The maximum absolute atomic E-state index is 12.7. The third-order valence-electron chi connectivity index (χ3n) is 2.49. The molecule has 0 saturated heterocycles. The van der Waals surface area contributed by atoms with Crippen LogP contribution in [-0.4, -0.2) is 15.8 Å². The SMILES string of the molecule is Cc1nc2c(c(C(F)(F)F)n1)CC(=O)CC2. The van der Waals surface area contributed by atoms with Crippen LogP contribution in [0.3, 0.4) is 0 Å². The molecule has 1 aromatic rings. The molecule has 2 rings (SSSR count). The van der Waals surface area contributed by atoms with Crippen molar-refractivity contribution >= 4 is 5.78 Å². The molecule has 3 nitrogen and oxygen atoms in total. The zero-order valence-corrected chi connectivity index (χ0v) is 8.56. The molecule has 86 valence electrons. The number of aromatic nitrogens is 2. The Kier molecular flexibility index (Phi) is 2.44. The summed E-state index contributed by atoms with van der Waals surface area (Å²) >= 11 is 0. The van der Waals surface area contributed by atoms with Gasteiger partial charge in [-0.3, -0.25) is 4.79 Å². The molecular weight excluding hydrogens is 221 g/mol. The molecule has 1 aliphatic carbocycles. The van der Waals surface area contributed by atoms with Crippen LogP contribution in [0.4, 0.5) is 13.2 Å². The van der Waals surface area contributed by atoms with Crippen molar-refractivity contribution in [1.82, 2.24) is 9.97 Å². The van der Waals surface area contributed by atoms with Gasteiger partial charge in [0, 0.05) is 24.1 Å². The van der Waals surface area contributed by atoms with Crippen LogP contribution >= 0.6 is 0 Å². The monoisotopic (exact) mass is 230 g/mol. The van der Waals surface area contributed by atoms with Gasteiger partial charge >= 0.3 is 6.18 Å². The van der Waals surface area contributed by atoms with Gasteiger partial charge in [-0.1, -0.05) is 0 Å². The maximum atomic E-state index is 12.7. The van der Waals surface area contributed by atoms with E-state index in [1.807, 2.05) is 0 Å².